The van der Waals surface area contributed by atoms with E-state index in [0.717, 1.165) is 24.8 Å². The molecular formula is C29H47NO4. The quantitative estimate of drug-likeness (QED) is 0.427. The van der Waals surface area contributed by atoms with E-state index >= 15 is 0 Å². The van der Waals surface area contributed by atoms with Crippen LogP contribution >= 0.6 is 0 Å². The fraction of sp³-hybridized carbons (Fsp3) is 0.759. The minimum Gasteiger partial charge on any atom is -0.391 e. The second-order valence-electron chi connectivity index (χ2n) is 12.2. The number of aliphatic hydroxyl groups is 3. The lowest BCUT2D eigenvalue weighted by Crippen LogP contribution is -2.53. The summed E-state index contributed by atoms with van der Waals surface area (Å²) in [4.78, 5) is 11.4. The number of hydrogen-bond acceptors (Lipinski definition) is 4. The van der Waals surface area contributed by atoms with E-state index in [1.165, 1.54) is 44.6 Å². The average molecular weight is 474 g/mol. The van der Waals surface area contributed by atoms with E-state index in [9.17, 15) is 20.1 Å². The highest BCUT2D eigenvalue weighted by Gasteiger charge is 2.50. The lowest BCUT2D eigenvalue weighted by molar-refractivity contribution is -0.121. The van der Waals surface area contributed by atoms with Gasteiger partial charge in [0.2, 0.25) is 5.91 Å². The van der Waals surface area contributed by atoms with E-state index < -0.39 is 23.9 Å². The third-order valence-corrected chi connectivity index (χ3v) is 8.99. The summed E-state index contributed by atoms with van der Waals surface area (Å²) < 4.78 is 0. The molecule has 3 aliphatic rings. The van der Waals surface area contributed by atoms with E-state index in [0.29, 0.717) is 35.2 Å². The summed E-state index contributed by atoms with van der Waals surface area (Å²) >= 11 is 0. The zero-order chi connectivity index (χ0) is 25.3. The molecule has 3 fully saturated rings. The van der Waals surface area contributed by atoms with Crippen LogP contribution in [0.2, 0.25) is 0 Å². The molecule has 0 heterocycles. The summed E-state index contributed by atoms with van der Waals surface area (Å²) in [5, 5.41) is 33.9. The Bertz CT molecular complexity index is 822. The molecule has 0 unspecified atom stereocenters. The molecule has 192 valence electrons. The Hall–Kier alpha value is -1.43. The standard InChI is InChI=1S/C29H47NO4/c1-18(9-7-15-28(4,5)34)23-13-14-24-21(10-8-16-29(23,24)6)11-12-22-17-25(32)26(30-20(3)31)27(33)19(22)2/h11-12,18,23-27,32-34H,2,7-10,13-17H2,1,3-6H3,(H,30,31)/b21-11+,22-12-/t18-,23-,24+,25-,26+,27-,29-/m1/s1. The van der Waals surface area contributed by atoms with Gasteiger partial charge in [0, 0.05) is 13.3 Å². The first-order chi connectivity index (χ1) is 15.8. The molecule has 0 aromatic rings. The Kier molecular flexibility index (Phi) is 8.53. The van der Waals surface area contributed by atoms with Gasteiger partial charge >= 0.3 is 0 Å². The van der Waals surface area contributed by atoms with Crippen molar-refractivity contribution >= 4 is 5.91 Å². The zero-order valence-electron chi connectivity index (χ0n) is 21.9. The first-order valence-electron chi connectivity index (χ1n) is 13.3. The minimum absolute atomic E-state index is 0.267. The molecule has 0 saturated heterocycles. The van der Waals surface area contributed by atoms with Crippen LogP contribution in [-0.2, 0) is 4.79 Å². The van der Waals surface area contributed by atoms with Gasteiger partial charge in [0.15, 0.2) is 0 Å². The van der Waals surface area contributed by atoms with Crippen LogP contribution in [0.4, 0.5) is 0 Å². The van der Waals surface area contributed by atoms with Gasteiger partial charge in [0.25, 0.3) is 0 Å². The van der Waals surface area contributed by atoms with Crippen molar-refractivity contribution in [3.63, 3.8) is 0 Å². The van der Waals surface area contributed by atoms with E-state index in [-0.39, 0.29) is 5.91 Å². The Morgan fingerprint density at radius 2 is 2.00 bits per heavy atom. The van der Waals surface area contributed by atoms with Crippen LogP contribution < -0.4 is 5.32 Å². The Morgan fingerprint density at radius 1 is 1.29 bits per heavy atom. The van der Waals surface area contributed by atoms with E-state index in [2.05, 4.69) is 37.9 Å². The maximum atomic E-state index is 11.4. The molecule has 0 radical (unpaired) electrons. The summed E-state index contributed by atoms with van der Waals surface area (Å²) in [5.74, 6) is 1.68. The summed E-state index contributed by atoms with van der Waals surface area (Å²) in [6, 6.07) is -0.707. The largest absolute Gasteiger partial charge is 0.391 e. The number of carbonyl (C=O) groups excluding carboxylic acids is 1. The van der Waals surface area contributed by atoms with Crippen LogP contribution in [0.1, 0.15) is 92.4 Å². The van der Waals surface area contributed by atoms with Gasteiger partial charge in [-0.15, -0.1) is 0 Å². The van der Waals surface area contributed by atoms with Crippen molar-refractivity contribution in [3.05, 3.63) is 35.5 Å². The predicted octanol–water partition coefficient (Wildman–Crippen LogP) is 4.82. The smallest absolute Gasteiger partial charge is 0.217 e. The van der Waals surface area contributed by atoms with Gasteiger partial charge in [-0.05, 0) is 86.7 Å². The molecule has 3 aliphatic carbocycles. The number of allylic oxidation sites excluding steroid dienone is 3. The molecular weight excluding hydrogens is 426 g/mol. The zero-order valence-corrected chi connectivity index (χ0v) is 21.9. The van der Waals surface area contributed by atoms with Crippen LogP contribution in [0.25, 0.3) is 0 Å². The number of fused-ring (bicyclic) bond motifs is 1. The molecule has 0 aromatic carbocycles. The van der Waals surface area contributed by atoms with Gasteiger partial charge in [0.05, 0.1) is 17.7 Å². The summed E-state index contributed by atoms with van der Waals surface area (Å²) in [5.41, 5.74) is 2.69. The fourth-order valence-corrected chi connectivity index (χ4v) is 7.17. The SMILES string of the molecule is C=C1/C(=C\C=C2/CCC[C@]3(C)[C@@H]([C@H](C)CCCC(C)(C)O)CC[C@@H]23)C[C@@H](O)[C@H](NC(C)=O)[C@@H]1O. The summed E-state index contributed by atoms with van der Waals surface area (Å²) in [6.45, 7) is 14.2. The molecule has 1 amide bonds. The molecule has 0 spiro atoms. The van der Waals surface area contributed by atoms with E-state index in [1.54, 1.807) is 0 Å². The molecule has 5 nitrogen and oxygen atoms in total. The highest BCUT2D eigenvalue weighted by molar-refractivity contribution is 5.73. The lowest BCUT2D eigenvalue weighted by atomic mass is 9.60. The summed E-state index contributed by atoms with van der Waals surface area (Å²) in [6.07, 6.45) is 12.0. The maximum absolute atomic E-state index is 11.4. The van der Waals surface area contributed by atoms with E-state index in [1.807, 2.05) is 13.8 Å². The van der Waals surface area contributed by atoms with Gasteiger partial charge < -0.3 is 20.6 Å². The number of hydrogen-bond donors (Lipinski definition) is 4. The van der Waals surface area contributed by atoms with Crippen LogP contribution in [0.5, 0.6) is 0 Å². The van der Waals surface area contributed by atoms with Crippen molar-refractivity contribution in [2.45, 2.75) is 116 Å². The van der Waals surface area contributed by atoms with Crippen molar-refractivity contribution < 1.29 is 20.1 Å². The first-order valence-corrected chi connectivity index (χ1v) is 13.3. The second-order valence-corrected chi connectivity index (χ2v) is 12.2. The van der Waals surface area contributed by atoms with Crippen LogP contribution in [0.15, 0.2) is 35.5 Å². The van der Waals surface area contributed by atoms with Gasteiger partial charge in [-0.25, -0.2) is 0 Å². The van der Waals surface area contributed by atoms with Gasteiger partial charge in [-0.2, -0.15) is 0 Å². The van der Waals surface area contributed by atoms with Crippen molar-refractivity contribution in [2.24, 2.45) is 23.2 Å². The number of aliphatic hydroxyl groups excluding tert-OH is 2. The Labute approximate surface area is 206 Å². The third-order valence-electron chi connectivity index (χ3n) is 8.99. The molecule has 4 N–H and O–H groups in total. The molecule has 0 aromatic heterocycles. The van der Waals surface area contributed by atoms with E-state index in [4.69, 9.17) is 0 Å². The van der Waals surface area contributed by atoms with Crippen LogP contribution in [0.3, 0.4) is 0 Å². The van der Waals surface area contributed by atoms with Crippen LogP contribution in [0, 0.1) is 23.2 Å². The topological polar surface area (TPSA) is 89.8 Å². The Balaban J connectivity index is 1.71. The molecule has 3 rings (SSSR count). The summed E-state index contributed by atoms with van der Waals surface area (Å²) in [7, 11) is 0. The van der Waals surface area contributed by atoms with Crippen molar-refractivity contribution in [3.8, 4) is 0 Å². The molecule has 34 heavy (non-hydrogen) atoms. The lowest BCUT2D eigenvalue weighted by Gasteiger charge is -2.44. The van der Waals surface area contributed by atoms with Crippen molar-refractivity contribution in [1.82, 2.24) is 5.32 Å². The van der Waals surface area contributed by atoms with Gasteiger partial charge in [0.1, 0.15) is 6.10 Å². The number of rotatable bonds is 7. The minimum atomic E-state index is -0.977. The fourth-order valence-electron chi connectivity index (χ4n) is 7.17. The van der Waals surface area contributed by atoms with Crippen molar-refractivity contribution in [2.75, 3.05) is 0 Å². The molecule has 7 atom stereocenters. The van der Waals surface area contributed by atoms with Crippen molar-refractivity contribution in [1.29, 1.82) is 0 Å². The number of nitrogens with one attached hydrogen (secondary N) is 1. The third kappa shape index (κ3) is 6.03. The molecule has 0 bridgehead atoms. The highest BCUT2D eigenvalue weighted by Crippen LogP contribution is 2.60. The monoisotopic (exact) mass is 473 g/mol. The normalized spacial score (nSPS) is 37.6. The van der Waals surface area contributed by atoms with Gasteiger partial charge in [-0.1, -0.05) is 51.0 Å². The average Bonchev–Trinajstić information content (AvgIpc) is 3.09. The Morgan fingerprint density at radius 3 is 2.65 bits per heavy atom. The van der Waals surface area contributed by atoms with Gasteiger partial charge in [-0.3, -0.25) is 4.79 Å². The molecule has 3 saturated carbocycles. The second kappa shape index (κ2) is 10.7. The number of carbonyl (C=O) groups is 1. The number of amides is 1. The molecule has 5 heteroatoms. The first kappa shape index (κ1) is 27.2. The molecule has 0 aliphatic heterocycles. The maximum Gasteiger partial charge on any atom is 0.217 e. The van der Waals surface area contributed by atoms with Crippen LogP contribution in [-0.4, -0.2) is 45.1 Å². The highest BCUT2D eigenvalue weighted by atomic mass is 16.3. The predicted molar refractivity (Wildman–Crippen MR) is 137 cm³/mol.